The normalized spacial score (nSPS) is 10.9. The van der Waals surface area contributed by atoms with Gasteiger partial charge in [0.25, 0.3) is 0 Å². The Balaban J connectivity index is 1.39. The molecule has 8 nitrogen and oxygen atoms in total. The molecule has 0 aliphatic carbocycles. The van der Waals surface area contributed by atoms with E-state index in [4.69, 9.17) is 4.74 Å². The standard InChI is InChI=1S/C23H24N6O2S/c1-14-5-9-18(10-6-14)29-16(3)21(15(2)28-29)24-20(30)13-32-23-25-22(26-27-23)17-7-11-19(31-4)12-8-17/h5-12H,13H2,1-4H3,(H,24,30)(H,25,26,27). The van der Waals surface area contributed by atoms with Crippen LogP contribution in [-0.2, 0) is 4.79 Å². The summed E-state index contributed by atoms with van der Waals surface area (Å²) in [6, 6.07) is 15.6. The third kappa shape index (κ3) is 4.67. The molecule has 0 saturated carbocycles. The van der Waals surface area contributed by atoms with Gasteiger partial charge in [-0.25, -0.2) is 9.67 Å². The molecule has 2 heterocycles. The second kappa shape index (κ2) is 9.27. The second-order valence-electron chi connectivity index (χ2n) is 7.33. The largest absolute Gasteiger partial charge is 0.497 e. The van der Waals surface area contributed by atoms with Crippen LogP contribution >= 0.6 is 11.8 Å². The van der Waals surface area contributed by atoms with Gasteiger partial charge in [-0.2, -0.15) is 5.10 Å². The number of benzene rings is 2. The van der Waals surface area contributed by atoms with Crippen molar-refractivity contribution in [2.45, 2.75) is 25.9 Å². The number of H-pyrrole nitrogens is 1. The lowest BCUT2D eigenvalue weighted by atomic mass is 10.2. The van der Waals surface area contributed by atoms with E-state index in [-0.39, 0.29) is 11.7 Å². The monoisotopic (exact) mass is 448 g/mol. The molecular weight excluding hydrogens is 424 g/mol. The summed E-state index contributed by atoms with van der Waals surface area (Å²) >= 11 is 1.27. The molecule has 0 unspecified atom stereocenters. The Bertz CT molecular complexity index is 1230. The maximum absolute atomic E-state index is 12.6. The first kappa shape index (κ1) is 21.6. The lowest BCUT2D eigenvalue weighted by Gasteiger charge is -2.07. The maximum atomic E-state index is 12.6. The highest BCUT2D eigenvalue weighted by Gasteiger charge is 2.16. The Kier molecular flexibility index (Phi) is 6.27. The molecule has 164 valence electrons. The van der Waals surface area contributed by atoms with Crippen molar-refractivity contribution in [2.24, 2.45) is 0 Å². The van der Waals surface area contributed by atoms with Crippen LogP contribution in [0.25, 0.3) is 17.1 Å². The number of carbonyl (C=O) groups excluding carboxylic acids is 1. The molecule has 4 aromatic rings. The zero-order valence-electron chi connectivity index (χ0n) is 18.3. The number of ether oxygens (including phenoxy) is 1. The highest BCUT2D eigenvalue weighted by molar-refractivity contribution is 7.99. The Morgan fingerprint density at radius 3 is 2.50 bits per heavy atom. The Labute approximate surface area is 190 Å². The molecule has 32 heavy (non-hydrogen) atoms. The van der Waals surface area contributed by atoms with Crippen LogP contribution in [0.2, 0.25) is 0 Å². The van der Waals surface area contributed by atoms with Crippen LogP contribution in [0.5, 0.6) is 5.75 Å². The minimum absolute atomic E-state index is 0.138. The van der Waals surface area contributed by atoms with E-state index in [9.17, 15) is 4.79 Å². The number of aryl methyl sites for hydroxylation is 2. The molecule has 0 radical (unpaired) electrons. The van der Waals surface area contributed by atoms with Crippen LogP contribution in [0.1, 0.15) is 17.0 Å². The molecule has 4 rings (SSSR count). The number of rotatable bonds is 7. The zero-order chi connectivity index (χ0) is 22.7. The molecule has 0 aliphatic heterocycles. The molecule has 0 fully saturated rings. The fourth-order valence-electron chi connectivity index (χ4n) is 3.26. The molecule has 0 aliphatic rings. The first-order valence-corrected chi connectivity index (χ1v) is 11.1. The quantitative estimate of drug-likeness (QED) is 0.409. The number of thioether (sulfide) groups is 1. The zero-order valence-corrected chi connectivity index (χ0v) is 19.2. The molecule has 0 saturated heterocycles. The van der Waals surface area contributed by atoms with E-state index >= 15 is 0 Å². The van der Waals surface area contributed by atoms with Gasteiger partial charge < -0.3 is 10.1 Å². The highest BCUT2D eigenvalue weighted by Crippen LogP contribution is 2.25. The van der Waals surface area contributed by atoms with Gasteiger partial charge in [0.1, 0.15) is 5.75 Å². The van der Waals surface area contributed by atoms with E-state index < -0.39 is 0 Å². The topological polar surface area (TPSA) is 97.7 Å². The van der Waals surface area contributed by atoms with Gasteiger partial charge in [0, 0.05) is 5.56 Å². The maximum Gasteiger partial charge on any atom is 0.234 e. The molecule has 2 N–H and O–H groups in total. The lowest BCUT2D eigenvalue weighted by Crippen LogP contribution is -2.15. The van der Waals surface area contributed by atoms with Crippen molar-refractivity contribution in [3.05, 3.63) is 65.5 Å². The average molecular weight is 449 g/mol. The van der Waals surface area contributed by atoms with Crippen molar-refractivity contribution < 1.29 is 9.53 Å². The number of anilines is 1. The second-order valence-corrected chi connectivity index (χ2v) is 8.27. The molecule has 2 aromatic carbocycles. The van der Waals surface area contributed by atoms with Crippen LogP contribution in [0.3, 0.4) is 0 Å². The number of hydrogen-bond donors (Lipinski definition) is 2. The summed E-state index contributed by atoms with van der Waals surface area (Å²) in [5.41, 5.74) is 5.40. The molecule has 9 heteroatoms. The SMILES string of the molecule is COc1ccc(-c2nc(SCC(=O)Nc3c(C)nn(-c4ccc(C)cc4)c3C)n[nH]2)cc1. The van der Waals surface area contributed by atoms with Gasteiger partial charge in [-0.15, -0.1) is 5.10 Å². The molecule has 0 bridgehead atoms. The summed E-state index contributed by atoms with van der Waals surface area (Å²) < 4.78 is 7.01. The smallest absolute Gasteiger partial charge is 0.234 e. The van der Waals surface area contributed by atoms with Gasteiger partial charge in [-0.3, -0.25) is 9.89 Å². The fraction of sp³-hybridized carbons (Fsp3) is 0.217. The lowest BCUT2D eigenvalue weighted by molar-refractivity contribution is -0.113. The predicted molar refractivity (Wildman–Crippen MR) is 125 cm³/mol. The van der Waals surface area contributed by atoms with Crippen LogP contribution in [0.4, 0.5) is 5.69 Å². The predicted octanol–water partition coefficient (Wildman–Crippen LogP) is 4.32. The number of nitrogens with one attached hydrogen (secondary N) is 2. The number of hydrogen-bond acceptors (Lipinski definition) is 6. The third-order valence-electron chi connectivity index (χ3n) is 4.99. The summed E-state index contributed by atoms with van der Waals surface area (Å²) in [4.78, 5) is 17.0. The highest BCUT2D eigenvalue weighted by atomic mass is 32.2. The molecular formula is C23H24N6O2S. The van der Waals surface area contributed by atoms with Crippen molar-refractivity contribution in [1.29, 1.82) is 0 Å². The van der Waals surface area contributed by atoms with E-state index in [2.05, 4.69) is 25.6 Å². The Morgan fingerprint density at radius 2 is 1.81 bits per heavy atom. The first-order valence-electron chi connectivity index (χ1n) is 10.1. The van der Waals surface area contributed by atoms with Gasteiger partial charge in [0.05, 0.1) is 35.6 Å². The number of aromatic amines is 1. The summed E-state index contributed by atoms with van der Waals surface area (Å²) in [6.45, 7) is 5.87. The van der Waals surface area contributed by atoms with E-state index in [1.807, 2.05) is 74.0 Å². The number of amides is 1. The van der Waals surface area contributed by atoms with Crippen molar-refractivity contribution in [1.82, 2.24) is 25.0 Å². The van der Waals surface area contributed by atoms with Gasteiger partial charge in [-0.1, -0.05) is 29.5 Å². The van der Waals surface area contributed by atoms with Crippen molar-refractivity contribution in [3.8, 4) is 22.8 Å². The minimum atomic E-state index is -0.138. The summed E-state index contributed by atoms with van der Waals surface area (Å²) in [7, 11) is 1.62. The molecule has 1 amide bonds. The summed E-state index contributed by atoms with van der Waals surface area (Å²) in [5, 5.41) is 15.2. The Morgan fingerprint density at radius 1 is 1.09 bits per heavy atom. The van der Waals surface area contributed by atoms with Crippen LogP contribution in [0.15, 0.2) is 53.7 Å². The van der Waals surface area contributed by atoms with E-state index in [1.165, 1.54) is 17.3 Å². The number of methoxy groups -OCH3 is 1. The summed E-state index contributed by atoms with van der Waals surface area (Å²) in [5.74, 6) is 1.46. The van der Waals surface area contributed by atoms with E-state index in [0.717, 1.165) is 34.1 Å². The van der Waals surface area contributed by atoms with Gasteiger partial charge in [0.15, 0.2) is 5.82 Å². The molecule has 0 atom stereocenters. The number of nitrogens with zero attached hydrogens (tertiary/aromatic N) is 4. The van der Waals surface area contributed by atoms with Crippen LogP contribution in [0, 0.1) is 20.8 Å². The first-order chi connectivity index (χ1) is 15.4. The van der Waals surface area contributed by atoms with Crippen molar-refractivity contribution in [2.75, 3.05) is 18.2 Å². The minimum Gasteiger partial charge on any atom is -0.497 e. The van der Waals surface area contributed by atoms with Crippen molar-refractivity contribution in [3.63, 3.8) is 0 Å². The average Bonchev–Trinajstić information content (AvgIpc) is 3.39. The molecule has 2 aromatic heterocycles. The third-order valence-corrected chi connectivity index (χ3v) is 5.84. The van der Waals surface area contributed by atoms with Crippen LogP contribution < -0.4 is 10.1 Å². The fourth-order valence-corrected chi connectivity index (χ4v) is 3.85. The van der Waals surface area contributed by atoms with Gasteiger partial charge in [-0.05, 0) is 57.2 Å². The molecule has 0 spiro atoms. The van der Waals surface area contributed by atoms with Gasteiger partial charge in [0.2, 0.25) is 11.1 Å². The van der Waals surface area contributed by atoms with Crippen LogP contribution in [-0.4, -0.2) is 43.7 Å². The van der Waals surface area contributed by atoms with E-state index in [1.54, 1.807) is 7.11 Å². The van der Waals surface area contributed by atoms with Crippen molar-refractivity contribution >= 4 is 23.4 Å². The van der Waals surface area contributed by atoms with Gasteiger partial charge >= 0.3 is 0 Å². The number of carbonyl (C=O) groups is 1. The number of aromatic nitrogens is 5. The Hall–Kier alpha value is -3.59. The summed E-state index contributed by atoms with van der Waals surface area (Å²) in [6.07, 6.45) is 0. The van der Waals surface area contributed by atoms with E-state index in [0.29, 0.717) is 11.0 Å².